The van der Waals surface area contributed by atoms with Crippen LogP contribution in [0.4, 0.5) is 8.78 Å². The van der Waals surface area contributed by atoms with Crippen LogP contribution in [-0.4, -0.2) is 42.9 Å². The van der Waals surface area contributed by atoms with Crippen molar-refractivity contribution < 1.29 is 13.6 Å². The van der Waals surface area contributed by atoms with Gasteiger partial charge in [0.15, 0.2) is 0 Å². The topological polar surface area (TPSA) is 32.3 Å². The fraction of sp³-hybridized carbons (Fsp3) is 0.889. The lowest BCUT2D eigenvalue weighted by Crippen LogP contribution is -2.42. The predicted molar refractivity (Wildman–Crippen MR) is 49.3 cm³/mol. The van der Waals surface area contributed by atoms with Gasteiger partial charge in [0.2, 0.25) is 0 Å². The number of nitrogens with one attached hydrogen (secondary N) is 1. The number of hydrogen-bond acceptors (Lipinski definition) is 2. The summed E-state index contributed by atoms with van der Waals surface area (Å²) in [4.78, 5) is 12.8. The Morgan fingerprint density at radius 1 is 1.43 bits per heavy atom. The van der Waals surface area contributed by atoms with Crippen LogP contribution in [0, 0.1) is 0 Å². The number of amides is 1. The van der Waals surface area contributed by atoms with Gasteiger partial charge in [0.1, 0.15) is 0 Å². The van der Waals surface area contributed by atoms with Crippen molar-refractivity contribution in [3.05, 3.63) is 0 Å². The number of carbonyl (C=O) groups is 1. The molecule has 14 heavy (non-hydrogen) atoms. The van der Waals surface area contributed by atoms with E-state index in [1.807, 2.05) is 6.92 Å². The van der Waals surface area contributed by atoms with Gasteiger partial charge in [-0.15, -0.1) is 0 Å². The molecule has 3 nitrogen and oxygen atoms in total. The van der Waals surface area contributed by atoms with Crippen LogP contribution in [0.25, 0.3) is 0 Å². The zero-order chi connectivity index (χ0) is 10.6. The first-order valence-electron chi connectivity index (χ1n) is 4.91. The van der Waals surface area contributed by atoms with Crippen LogP contribution in [-0.2, 0) is 4.79 Å². The van der Waals surface area contributed by atoms with Crippen molar-refractivity contribution in [1.82, 2.24) is 10.2 Å². The highest BCUT2D eigenvalue weighted by Crippen LogP contribution is 2.10. The lowest BCUT2D eigenvalue weighted by molar-refractivity contribution is -0.131. The number of likely N-dealkylation sites (tertiary alicyclic amines) is 1. The summed E-state index contributed by atoms with van der Waals surface area (Å²) in [6.07, 6.45) is -0.582. The third-order valence-corrected chi connectivity index (χ3v) is 2.53. The molecule has 1 saturated heterocycles. The first-order valence-corrected chi connectivity index (χ1v) is 4.91. The molecule has 1 amide bonds. The van der Waals surface area contributed by atoms with Crippen LogP contribution in [0.2, 0.25) is 0 Å². The van der Waals surface area contributed by atoms with Gasteiger partial charge >= 0.3 is 6.43 Å². The molecule has 0 radical (unpaired) electrons. The predicted octanol–water partition coefficient (Wildman–Crippen LogP) is 0.852. The Hall–Kier alpha value is -0.710. The Bertz CT molecular complexity index is 193. The Balaban J connectivity index is 2.20. The zero-order valence-electron chi connectivity index (χ0n) is 8.30. The van der Waals surface area contributed by atoms with E-state index >= 15 is 0 Å². The molecular formula is C9H16F2N2O. The number of rotatable bonds is 4. The Labute approximate surface area is 82.5 Å². The van der Waals surface area contributed by atoms with Crippen LogP contribution in [0.3, 0.4) is 0 Å². The van der Waals surface area contributed by atoms with Crippen molar-refractivity contribution in [2.24, 2.45) is 0 Å². The maximum Gasteiger partial charge on any atom is 0.315 e. The van der Waals surface area contributed by atoms with Gasteiger partial charge in [-0.05, 0) is 32.9 Å². The maximum atomic E-state index is 11.8. The minimum Gasteiger partial charge on any atom is -0.350 e. The summed E-state index contributed by atoms with van der Waals surface area (Å²) < 4.78 is 23.7. The van der Waals surface area contributed by atoms with Gasteiger partial charge in [0, 0.05) is 12.6 Å². The average Bonchev–Trinajstić information content (AvgIpc) is 2.66. The molecule has 1 unspecified atom stereocenters. The number of nitrogens with zero attached hydrogens (tertiary/aromatic N) is 1. The molecule has 5 heteroatoms. The third kappa shape index (κ3) is 3.21. The van der Waals surface area contributed by atoms with E-state index in [0.29, 0.717) is 6.54 Å². The van der Waals surface area contributed by atoms with E-state index < -0.39 is 12.3 Å². The summed E-state index contributed by atoms with van der Waals surface area (Å²) in [6, 6.07) is 0.153. The van der Waals surface area contributed by atoms with E-state index in [4.69, 9.17) is 0 Å². The summed E-state index contributed by atoms with van der Waals surface area (Å²) in [5, 5.41) is 2.23. The van der Waals surface area contributed by atoms with Crippen LogP contribution in [0.15, 0.2) is 0 Å². The molecule has 0 aromatic rings. The molecule has 1 heterocycles. The highest BCUT2D eigenvalue weighted by molar-refractivity contribution is 5.79. The SMILES string of the molecule is CC(CNC(=O)C(F)F)N1CCCC1. The molecule has 0 aromatic heterocycles. The molecule has 1 N–H and O–H groups in total. The fourth-order valence-electron chi connectivity index (χ4n) is 1.64. The average molecular weight is 206 g/mol. The second kappa shape index (κ2) is 5.24. The molecule has 0 spiro atoms. The molecular weight excluding hydrogens is 190 g/mol. The van der Waals surface area contributed by atoms with E-state index in [-0.39, 0.29) is 6.04 Å². The lowest BCUT2D eigenvalue weighted by atomic mass is 10.3. The van der Waals surface area contributed by atoms with Gasteiger partial charge in [-0.2, -0.15) is 8.78 Å². The lowest BCUT2D eigenvalue weighted by Gasteiger charge is -2.23. The monoisotopic (exact) mass is 206 g/mol. The minimum atomic E-state index is -2.90. The van der Waals surface area contributed by atoms with Gasteiger partial charge in [-0.3, -0.25) is 9.69 Å². The van der Waals surface area contributed by atoms with Gasteiger partial charge in [0.05, 0.1) is 0 Å². The normalized spacial score (nSPS) is 20.0. The van der Waals surface area contributed by atoms with E-state index in [1.165, 1.54) is 0 Å². The molecule has 0 aromatic carbocycles. The summed E-state index contributed by atoms with van der Waals surface area (Å²) in [5.74, 6) is -1.17. The second-order valence-electron chi connectivity index (χ2n) is 3.64. The van der Waals surface area contributed by atoms with Crippen LogP contribution < -0.4 is 5.32 Å². The Morgan fingerprint density at radius 2 is 2.00 bits per heavy atom. The number of hydrogen-bond donors (Lipinski definition) is 1. The van der Waals surface area contributed by atoms with Gasteiger partial charge in [-0.25, -0.2) is 0 Å². The summed E-state index contributed by atoms with van der Waals surface area (Å²) in [7, 11) is 0. The molecule has 1 fully saturated rings. The maximum absolute atomic E-state index is 11.8. The molecule has 82 valence electrons. The van der Waals surface area contributed by atoms with Crippen molar-refractivity contribution in [2.75, 3.05) is 19.6 Å². The van der Waals surface area contributed by atoms with Crippen molar-refractivity contribution in [1.29, 1.82) is 0 Å². The highest BCUT2D eigenvalue weighted by Gasteiger charge is 2.20. The van der Waals surface area contributed by atoms with E-state index in [9.17, 15) is 13.6 Å². The summed E-state index contributed by atoms with van der Waals surface area (Å²) >= 11 is 0. The second-order valence-corrected chi connectivity index (χ2v) is 3.64. The zero-order valence-corrected chi connectivity index (χ0v) is 8.30. The Kier molecular flexibility index (Phi) is 4.25. The molecule has 0 aliphatic carbocycles. The molecule has 0 saturated carbocycles. The number of alkyl halides is 2. The summed E-state index contributed by atoms with van der Waals surface area (Å²) in [6.45, 7) is 4.26. The van der Waals surface area contributed by atoms with Crippen molar-refractivity contribution in [3.8, 4) is 0 Å². The number of halogens is 2. The quantitative estimate of drug-likeness (QED) is 0.739. The van der Waals surface area contributed by atoms with E-state index in [2.05, 4.69) is 10.2 Å². The van der Waals surface area contributed by atoms with Gasteiger partial charge < -0.3 is 5.32 Å². The molecule has 1 atom stereocenters. The van der Waals surface area contributed by atoms with Gasteiger partial charge in [0.25, 0.3) is 5.91 Å². The smallest absolute Gasteiger partial charge is 0.315 e. The van der Waals surface area contributed by atoms with Gasteiger partial charge in [-0.1, -0.05) is 0 Å². The standard InChI is InChI=1S/C9H16F2N2O/c1-7(13-4-2-3-5-13)6-12-9(14)8(10)11/h7-8H,2-6H2,1H3,(H,12,14). The van der Waals surface area contributed by atoms with E-state index in [0.717, 1.165) is 25.9 Å². The van der Waals surface area contributed by atoms with Crippen LogP contribution in [0.5, 0.6) is 0 Å². The summed E-state index contributed by atoms with van der Waals surface area (Å²) in [5.41, 5.74) is 0. The third-order valence-electron chi connectivity index (χ3n) is 2.53. The van der Waals surface area contributed by atoms with Crippen molar-refractivity contribution >= 4 is 5.91 Å². The fourth-order valence-corrected chi connectivity index (χ4v) is 1.64. The first kappa shape index (κ1) is 11.4. The van der Waals surface area contributed by atoms with Crippen molar-refractivity contribution in [3.63, 3.8) is 0 Å². The van der Waals surface area contributed by atoms with E-state index in [1.54, 1.807) is 0 Å². The Morgan fingerprint density at radius 3 is 2.50 bits per heavy atom. The van der Waals surface area contributed by atoms with Crippen LogP contribution in [0.1, 0.15) is 19.8 Å². The molecule has 1 aliphatic rings. The van der Waals surface area contributed by atoms with Crippen LogP contribution >= 0.6 is 0 Å². The van der Waals surface area contributed by atoms with Crippen molar-refractivity contribution in [2.45, 2.75) is 32.2 Å². The molecule has 1 aliphatic heterocycles. The number of carbonyl (C=O) groups excluding carboxylic acids is 1. The highest BCUT2D eigenvalue weighted by atomic mass is 19.3. The first-order chi connectivity index (χ1) is 6.61. The largest absolute Gasteiger partial charge is 0.350 e. The molecule has 0 bridgehead atoms. The molecule has 1 rings (SSSR count). The minimum absolute atomic E-state index is 0.153.